The summed E-state index contributed by atoms with van der Waals surface area (Å²) in [5.41, 5.74) is 2.64. The standard InChI is InChI=1S/C14H17N3O2/c1-19-14(18)12-9-10-11(16-12)3-2-4-13(10)17-7-5-15-6-8-17/h2-4,9,15-16H,5-8H2,1H3. The average Bonchev–Trinajstić information content (AvgIpc) is 2.91. The van der Waals surface area contributed by atoms with Gasteiger partial charge in [-0.15, -0.1) is 0 Å². The number of anilines is 1. The van der Waals surface area contributed by atoms with E-state index in [1.807, 2.05) is 18.2 Å². The Kier molecular flexibility index (Phi) is 3.13. The van der Waals surface area contributed by atoms with E-state index in [9.17, 15) is 4.79 Å². The van der Waals surface area contributed by atoms with E-state index < -0.39 is 0 Å². The van der Waals surface area contributed by atoms with Crippen molar-refractivity contribution in [1.82, 2.24) is 10.3 Å². The average molecular weight is 259 g/mol. The summed E-state index contributed by atoms with van der Waals surface area (Å²) in [6.07, 6.45) is 0. The van der Waals surface area contributed by atoms with Crippen molar-refractivity contribution in [1.29, 1.82) is 0 Å². The van der Waals surface area contributed by atoms with Gasteiger partial charge in [-0.25, -0.2) is 4.79 Å². The molecule has 0 atom stereocenters. The number of H-pyrrole nitrogens is 1. The lowest BCUT2D eigenvalue weighted by Crippen LogP contribution is -2.43. The van der Waals surface area contributed by atoms with Gasteiger partial charge in [0.1, 0.15) is 5.69 Å². The van der Waals surface area contributed by atoms with Crippen LogP contribution in [-0.4, -0.2) is 44.2 Å². The molecule has 0 radical (unpaired) electrons. The number of carbonyl (C=O) groups is 1. The number of benzene rings is 1. The molecule has 1 fully saturated rings. The smallest absolute Gasteiger partial charge is 0.354 e. The van der Waals surface area contributed by atoms with Crippen LogP contribution in [0.4, 0.5) is 5.69 Å². The molecule has 1 saturated heterocycles. The van der Waals surface area contributed by atoms with Crippen molar-refractivity contribution in [2.45, 2.75) is 0 Å². The number of methoxy groups -OCH3 is 1. The van der Waals surface area contributed by atoms with Crippen LogP contribution in [0.3, 0.4) is 0 Å². The molecular formula is C14H17N3O2. The molecule has 1 aliphatic rings. The van der Waals surface area contributed by atoms with Crippen molar-refractivity contribution in [2.24, 2.45) is 0 Å². The van der Waals surface area contributed by atoms with Crippen LogP contribution in [0.1, 0.15) is 10.5 Å². The zero-order chi connectivity index (χ0) is 13.2. The quantitative estimate of drug-likeness (QED) is 0.800. The van der Waals surface area contributed by atoms with Crippen molar-refractivity contribution in [2.75, 3.05) is 38.2 Å². The summed E-state index contributed by atoms with van der Waals surface area (Å²) < 4.78 is 4.76. The molecule has 0 aliphatic carbocycles. The van der Waals surface area contributed by atoms with Crippen LogP contribution in [0.15, 0.2) is 24.3 Å². The van der Waals surface area contributed by atoms with Crippen molar-refractivity contribution >= 4 is 22.6 Å². The fourth-order valence-corrected chi connectivity index (χ4v) is 2.54. The maximum Gasteiger partial charge on any atom is 0.354 e. The van der Waals surface area contributed by atoms with E-state index in [1.54, 1.807) is 0 Å². The largest absolute Gasteiger partial charge is 0.464 e. The highest BCUT2D eigenvalue weighted by Gasteiger charge is 2.16. The first-order valence-corrected chi connectivity index (χ1v) is 6.45. The highest BCUT2D eigenvalue weighted by atomic mass is 16.5. The van der Waals surface area contributed by atoms with Crippen LogP contribution >= 0.6 is 0 Å². The Labute approximate surface area is 111 Å². The fourth-order valence-electron chi connectivity index (χ4n) is 2.54. The van der Waals surface area contributed by atoms with E-state index in [2.05, 4.69) is 21.3 Å². The molecular weight excluding hydrogens is 242 g/mol. The Balaban J connectivity index is 2.04. The van der Waals surface area contributed by atoms with Gasteiger partial charge in [0.05, 0.1) is 7.11 Å². The second-order valence-corrected chi connectivity index (χ2v) is 4.65. The molecule has 19 heavy (non-hydrogen) atoms. The van der Waals surface area contributed by atoms with Gasteiger partial charge in [-0.2, -0.15) is 0 Å². The first-order valence-electron chi connectivity index (χ1n) is 6.45. The number of esters is 1. The molecule has 0 spiro atoms. The lowest BCUT2D eigenvalue weighted by molar-refractivity contribution is 0.0595. The van der Waals surface area contributed by atoms with E-state index in [4.69, 9.17) is 4.74 Å². The molecule has 0 bridgehead atoms. The van der Waals surface area contributed by atoms with Gasteiger partial charge in [-0.3, -0.25) is 0 Å². The Morgan fingerprint density at radius 3 is 2.84 bits per heavy atom. The number of piperazine rings is 1. The number of hydrogen-bond donors (Lipinski definition) is 2. The van der Waals surface area contributed by atoms with Crippen LogP contribution in [0, 0.1) is 0 Å². The third-order valence-corrected chi connectivity index (χ3v) is 3.50. The molecule has 1 aromatic carbocycles. The lowest BCUT2D eigenvalue weighted by Gasteiger charge is -2.30. The molecule has 2 heterocycles. The molecule has 5 nitrogen and oxygen atoms in total. The number of nitrogens with one attached hydrogen (secondary N) is 2. The SMILES string of the molecule is COC(=O)c1cc2c(N3CCNCC3)cccc2[nH]1. The number of carbonyl (C=O) groups excluding carboxylic acids is 1. The summed E-state index contributed by atoms with van der Waals surface area (Å²) in [6.45, 7) is 3.95. The van der Waals surface area contributed by atoms with E-state index in [0.717, 1.165) is 37.1 Å². The van der Waals surface area contributed by atoms with Gasteiger partial charge in [-0.1, -0.05) is 6.07 Å². The monoisotopic (exact) mass is 259 g/mol. The summed E-state index contributed by atoms with van der Waals surface area (Å²) in [7, 11) is 1.39. The van der Waals surface area contributed by atoms with Gasteiger partial charge < -0.3 is 19.9 Å². The van der Waals surface area contributed by atoms with Gasteiger partial charge in [0.2, 0.25) is 0 Å². The molecule has 2 N–H and O–H groups in total. The summed E-state index contributed by atoms with van der Waals surface area (Å²) in [5.74, 6) is -0.331. The maximum absolute atomic E-state index is 11.6. The van der Waals surface area contributed by atoms with Crippen molar-refractivity contribution in [3.05, 3.63) is 30.0 Å². The number of nitrogens with zero attached hydrogens (tertiary/aromatic N) is 1. The minimum atomic E-state index is -0.331. The van der Waals surface area contributed by atoms with Crippen molar-refractivity contribution in [3.8, 4) is 0 Å². The van der Waals surface area contributed by atoms with Gasteiger partial charge in [0.15, 0.2) is 0 Å². The van der Waals surface area contributed by atoms with Crippen LogP contribution in [-0.2, 0) is 4.74 Å². The van der Waals surface area contributed by atoms with Crippen molar-refractivity contribution in [3.63, 3.8) is 0 Å². The molecule has 2 aromatic rings. The number of aromatic nitrogens is 1. The highest BCUT2D eigenvalue weighted by molar-refractivity contribution is 6.00. The minimum Gasteiger partial charge on any atom is -0.464 e. The van der Waals surface area contributed by atoms with Crippen LogP contribution < -0.4 is 10.2 Å². The van der Waals surface area contributed by atoms with E-state index in [1.165, 1.54) is 12.8 Å². The van der Waals surface area contributed by atoms with Gasteiger partial charge >= 0.3 is 5.97 Å². The van der Waals surface area contributed by atoms with Gasteiger partial charge in [0, 0.05) is 42.8 Å². The number of aromatic amines is 1. The third-order valence-electron chi connectivity index (χ3n) is 3.50. The number of ether oxygens (including phenoxy) is 1. The Morgan fingerprint density at radius 1 is 1.32 bits per heavy atom. The van der Waals surface area contributed by atoms with E-state index >= 15 is 0 Å². The highest BCUT2D eigenvalue weighted by Crippen LogP contribution is 2.28. The summed E-state index contributed by atoms with van der Waals surface area (Å²) >= 11 is 0. The maximum atomic E-state index is 11.6. The Morgan fingerprint density at radius 2 is 2.11 bits per heavy atom. The number of rotatable bonds is 2. The van der Waals surface area contributed by atoms with Crippen LogP contribution in [0.25, 0.3) is 10.9 Å². The molecule has 1 aliphatic heterocycles. The predicted molar refractivity (Wildman–Crippen MR) is 74.7 cm³/mol. The zero-order valence-electron chi connectivity index (χ0n) is 10.9. The predicted octanol–water partition coefficient (Wildman–Crippen LogP) is 1.36. The van der Waals surface area contributed by atoms with Gasteiger partial charge in [-0.05, 0) is 18.2 Å². The Hall–Kier alpha value is -2.01. The molecule has 5 heteroatoms. The number of fused-ring (bicyclic) bond motifs is 1. The molecule has 0 amide bonds. The topological polar surface area (TPSA) is 57.4 Å². The van der Waals surface area contributed by atoms with Crippen LogP contribution in [0.2, 0.25) is 0 Å². The summed E-state index contributed by atoms with van der Waals surface area (Å²) in [6, 6.07) is 7.96. The minimum absolute atomic E-state index is 0.331. The fraction of sp³-hybridized carbons (Fsp3) is 0.357. The Bertz CT molecular complexity index is 600. The molecule has 3 rings (SSSR count). The first-order chi connectivity index (χ1) is 9.29. The summed E-state index contributed by atoms with van der Waals surface area (Å²) in [5, 5.41) is 4.42. The van der Waals surface area contributed by atoms with Gasteiger partial charge in [0.25, 0.3) is 0 Å². The molecule has 0 saturated carbocycles. The van der Waals surface area contributed by atoms with Crippen LogP contribution in [0.5, 0.6) is 0 Å². The number of hydrogen-bond acceptors (Lipinski definition) is 4. The lowest BCUT2D eigenvalue weighted by atomic mass is 10.1. The second-order valence-electron chi connectivity index (χ2n) is 4.65. The van der Waals surface area contributed by atoms with E-state index in [-0.39, 0.29) is 5.97 Å². The third kappa shape index (κ3) is 2.17. The molecule has 100 valence electrons. The molecule has 0 unspecified atom stereocenters. The molecule has 1 aromatic heterocycles. The second kappa shape index (κ2) is 4.93. The first kappa shape index (κ1) is 12.0. The summed E-state index contributed by atoms with van der Waals surface area (Å²) in [4.78, 5) is 17.0. The van der Waals surface area contributed by atoms with Crippen molar-refractivity contribution < 1.29 is 9.53 Å². The zero-order valence-corrected chi connectivity index (χ0v) is 10.9. The van der Waals surface area contributed by atoms with E-state index in [0.29, 0.717) is 5.69 Å². The normalized spacial score (nSPS) is 15.7.